The molecule has 0 radical (unpaired) electrons. The molecule has 1 aromatic rings. The number of benzene rings is 1. The third kappa shape index (κ3) is 4.92. The number of aliphatic hydroxyl groups excluding tert-OH is 1. The molecule has 5 heteroatoms. The minimum absolute atomic E-state index is 0.281. The maximum absolute atomic E-state index is 12.9. The molecule has 1 aromatic carbocycles. The molecule has 0 spiro atoms. The van der Waals surface area contributed by atoms with Gasteiger partial charge in [0.15, 0.2) is 0 Å². The van der Waals surface area contributed by atoms with Crippen molar-refractivity contribution >= 4 is 21.6 Å². The van der Waals surface area contributed by atoms with Crippen LogP contribution in [-0.2, 0) is 0 Å². The predicted octanol–water partition coefficient (Wildman–Crippen LogP) is 2.70. The van der Waals surface area contributed by atoms with Crippen molar-refractivity contribution in [1.82, 2.24) is 4.90 Å². The van der Waals surface area contributed by atoms with Crippen molar-refractivity contribution < 1.29 is 9.50 Å². The Bertz CT molecular complexity index is 372. The van der Waals surface area contributed by atoms with Crippen molar-refractivity contribution in [3.8, 4) is 0 Å². The summed E-state index contributed by atoms with van der Waals surface area (Å²) in [4.78, 5) is 2.16. The van der Waals surface area contributed by atoms with Gasteiger partial charge < -0.3 is 15.3 Å². The number of rotatable bonds is 7. The molecule has 18 heavy (non-hydrogen) atoms. The van der Waals surface area contributed by atoms with Gasteiger partial charge >= 0.3 is 0 Å². The van der Waals surface area contributed by atoms with Gasteiger partial charge in [0.25, 0.3) is 0 Å². The summed E-state index contributed by atoms with van der Waals surface area (Å²) in [5.41, 5.74) is 0.787. The van der Waals surface area contributed by atoms with Gasteiger partial charge in [0, 0.05) is 23.2 Å². The van der Waals surface area contributed by atoms with E-state index in [0.717, 1.165) is 18.8 Å². The number of nitrogens with zero attached hydrogens (tertiary/aromatic N) is 1. The van der Waals surface area contributed by atoms with Crippen LogP contribution in [0.1, 0.15) is 13.8 Å². The summed E-state index contributed by atoms with van der Waals surface area (Å²) in [5, 5.41) is 13.0. The lowest BCUT2D eigenvalue weighted by molar-refractivity contribution is 0.128. The Morgan fingerprint density at radius 3 is 2.61 bits per heavy atom. The second-order valence-corrected chi connectivity index (χ2v) is 5.00. The van der Waals surface area contributed by atoms with Gasteiger partial charge in [0.2, 0.25) is 0 Å². The average molecular weight is 319 g/mol. The van der Waals surface area contributed by atoms with E-state index in [1.165, 1.54) is 12.1 Å². The van der Waals surface area contributed by atoms with Crippen molar-refractivity contribution in [2.75, 3.05) is 31.5 Å². The van der Waals surface area contributed by atoms with Crippen molar-refractivity contribution in [2.45, 2.75) is 20.0 Å². The smallest absolute Gasteiger partial charge is 0.124 e. The molecule has 0 bridgehead atoms. The molecule has 0 aliphatic carbocycles. The first-order valence-corrected chi connectivity index (χ1v) is 6.95. The van der Waals surface area contributed by atoms with Gasteiger partial charge in [-0.25, -0.2) is 4.39 Å². The highest BCUT2D eigenvalue weighted by atomic mass is 79.9. The molecule has 102 valence electrons. The van der Waals surface area contributed by atoms with Gasteiger partial charge in [-0.1, -0.05) is 13.8 Å². The van der Waals surface area contributed by atoms with Gasteiger partial charge in [-0.05, 0) is 47.2 Å². The molecule has 0 saturated carbocycles. The zero-order valence-electron chi connectivity index (χ0n) is 10.8. The fraction of sp³-hybridized carbons (Fsp3) is 0.538. The number of likely N-dealkylation sites (N-methyl/N-ethyl adjacent to an activating group) is 1. The summed E-state index contributed by atoms with van der Waals surface area (Å²) in [6.45, 7) is 7.07. The topological polar surface area (TPSA) is 35.5 Å². The van der Waals surface area contributed by atoms with E-state index in [1.807, 2.05) is 0 Å². The summed E-state index contributed by atoms with van der Waals surface area (Å²) < 4.78 is 13.6. The molecule has 0 saturated heterocycles. The molecule has 0 heterocycles. The summed E-state index contributed by atoms with van der Waals surface area (Å²) in [6.07, 6.45) is -0.443. The monoisotopic (exact) mass is 318 g/mol. The van der Waals surface area contributed by atoms with Crippen LogP contribution in [0.15, 0.2) is 22.7 Å². The molecule has 1 atom stereocenters. The van der Waals surface area contributed by atoms with Crippen LogP contribution in [0.3, 0.4) is 0 Å². The third-order valence-electron chi connectivity index (χ3n) is 2.82. The summed E-state index contributed by atoms with van der Waals surface area (Å²) in [7, 11) is 0. The zero-order chi connectivity index (χ0) is 13.5. The van der Waals surface area contributed by atoms with E-state index in [9.17, 15) is 9.50 Å². The Hall–Kier alpha value is -0.650. The van der Waals surface area contributed by atoms with Crippen molar-refractivity contribution in [3.05, 3.63) is 28.5 Å². The molecular formula is C13H20BrFN2O. The Morgan fingerprint density at radius 1 is 1.39 bits per heavy atom. The van der Waals surface area contributed by atoms with E-state index in [4.69, 9.17) is 0 Å². The summed E-state index contributed by atoms with van der Waals surface area (Å²) >= 11 is 3.28. The first-order chi connectivity index (χ1) is 8.56. The number of anilines is 1. The quantitative estimate of drug-likeness (QED) is 0.811. The maximum Gasteiger partial charge on any atom is 0.124 e. The molecule has 2 N–H and O–H groups in total. The number of hydrogen-bond acceptors (Lipinski definition) is 3. The minimum atomic E-state index is -0.443. The molecule has 0 fully saturated rings. The second kappa shape index (κ2) is 7.71. The average Bonchev–Trinajstić information content (AvgIpc) is 2.35. The highest BCUT2D eigenvalue weighted by Gasteiger charge is 2.09. The summed E-state index contributed by atoms with van der Waals surface area (Å²) in [5.74, 6) is -0.281. The third-order valence-corrected chi connectivity index (χ3v) is 3.48. The van der Waals surface area contributed by atoms with Gasteiger partial charge in [-0.3, -0.25) is 0 Å². The molecular weight excluding hydrogens is 299 g/mol. The second-order valence-electron chi connectivity index (χ2n) is 4.14. The standard InChI is InChI=1S/C13H20BrFN2O/c1-3-17(4-2)9-11(18)8-16-13-6-5-10(15)7-12(13)14/h5-7,11,16,18H,3-4,8-9H2,1-2H3. The van der Waals surface area contributed by atoms with Crippen LogP contribution in [0.4, 0.5) is 10.1 Å². The van der Waals surface area contributed by atoms with E-state index < -0.39 is 6.10 Å². The Kier molecular flexibility index (Phi) is 6.60. The minimum Gasteiger partial charge on any atom is -0.390 e. The first kappa shape index (κ1) is 15.4. The SMILES string of the molecule is CCN(CC)CC(O)CNc1ccc(F)cc1Br. The first-order valence-electron chi connectivity index (χ1n) is 6.16. The van der Waals surface area contributed by atoms with Gasteiger partial charge in [-0.2, -0.15) is 0 Å². The fourth-order valence-corrected chi connectivity index (χ4v) is 2.20. The molecule has 0 amide bonds. The van der Waals surface area contributed by atoms with Crippen LogP contribution in [0.5, 0.6) is 0 Å². The van der Waals surface area contributed by atoms with Crippen molar-refractivity contribution in [2.24, 2.45) is 0 Å². The lowest BCUT2D eigenvalue weighted by atomic mass is 10.2. The van der Waals surface area contributed by atoms with E-state index >= 15 is 0 Å². The Balaban J connectivity index is 2.44. The van der Waals surface area contributed by atoms with Gasteiger partial charge in [0.05, 0.1) is 6.10 Å². The van der Waals surface area contributed by atoms with Gasteiger partial charge in [-0.15, -0.1) is 0 Å². The van der Waals surface area contributed by atoms with E-state index in [0.29, 0.717) is 17.6 Å². The zero-order valence-corrected chi connectivity index (χ0v) is 12.4. The number of halogens is 2. The van der Waals surface area contributed by atoms with Crippen LogP contribution >= 0.6 is 15.9 Å². The fourth-order valence-electron chi connectivity index (χ4n) is 1.71. The van der Waals surface area contributed by atoms with E-state index in [-0.39, 0.29) is 5.82 Å². The lowest BCUT2D eigenvalue weighted by Gasteiger charge is -2.22. The molecule has 1 unspecified atom stereocenters. The lowest BCUT2D eigenvalue weighted by Crippen LogP contribution is -2.35. The number of nitrogens with one attached hydrogen (secondary N) is 1. The predicted molar refractivity (Wildman–Crippen MR) is 76.4 cm³/mol. The van der Waals surface area contributed by atoms with Gasteiger partial charge in [0.1, 0.15) is 5.82 Å². The number of aliphatic hydroxyl groups is 1. The van der Waals surface area contributed by atoms with Crippen LogP contribution in [0.25, 0.3) is 0 Å². The van der Waals surface area contributed by atoms with Crippen molar-refractivity contribution in [1.29, 1.82) is 0 Å². The molecule has 0 aromatic heterocycles. The van der Waals surface area contributed by atoms with Crippen LogP contribution < -0.4 is 5.32 Å². The number of hydrogen-bond donors (Lipinski definition) is 2. The van der Waals surface area contributed by atoms with Crippen LogP contribution in [0, 0.1) is 5.82 Å². The summed E-state index contributed by atoms with van der Waals surface area (Å²) in [6, 6.07) is 4.45. The van der Waals surface area contributed by atoms with Crippen molar-refractivity contribution in [3.63, 3.8) is 0 Å². The molecule has 3 nitrogen and oxygen atoms in total. The molecule has 0 aliphatic heterocycles. The highest BCUT2D eigenvalue weighted by molar-refractivity contribution is 9.10. The molecule has 1 rings (SSSR count). The molecule has 0 aliphatic rings. The van der Waals surface area contributed by atoms with E-state index in [2.05, 4.69) is 40.0 Å². The normalized spacial score (nSPS) is 12.8. The highest BCUT2D eigenvalue weighted by Crippen LogP contribution is 2.22. The maximum atomic E-state index is 12.9. The Labute approximate surface area is 116 Å². The Morgan fingerprint density at radius 2 is 2.06 bits per heavy atom. The van der Waals surface area contributed by atoms with Crippen LogP contribution in [0.2, 0.25) is 0 Å². The van der Waals surface area contributed by atoms with Crippen LogP contribution in [-0.4, -0.2) is 42.3 Å². The van der Waals surface area contributed by atoms with E-state index in [1.54, 1.807) is 6.07 Å². The largest absolute Gasteiger partial charge is 0.390 e.